The lowest BCUT2D eigenvalue weighted by Gasteiger charge is -2.24. The first-order chi connectivity index (χ1) is 7.81. The van der Waals surface area contributed by atoms with Gasteiger partial charge < -0.3 is 4.74 Å². The van der Waals surface area contributed by atoms with Gasteiger partial charge in [-0.15, -0.1) is 4.99 Å². The van der Waals surface area contributed by atoms with Gasteiger partial charge in [0.2, 0.25) is 0 Å². The summed E-state index contributed by atoms with van der Waals surface area (Å²) >= 11 is 0. The maximum absolute atomic E-state index is 5.59. The molecule has 4 nitrogen and oxygen atoms in total. The number of benzene rings is 1. The van der Waals surface area contributed by atoms with Crippen molar-refractivity contribution in [3.05, 3.63) is 35.5 Å². The second-order valence-corrected chi connectivity index (χ2v) is 3.44. The number of para-hydroxylation sites is 1. The zero-order chi connectivity index (χ0) is 11.4. The monoisotopic (exact) mass is 221 g/mol. The maximum Gasteiger partial charge on any atom is 0.130 e. The van der Waals surface area contributed by atoms with Gasteiger partial charge in [0.05, 0.1) is 12.3 Å². The maximum atomic E-state index is 5.59. The summed E-state index contributed by atoms with van der Waals surface area (Å²) in [5, 5.41) is 1.57. The highest BCUT2D eigenvalue weighted by Crippen LogP contribution is 2.26. The number of hydroxylamine groups is 2. The molecule has 16 heavy (non-hydrogen) atoms. The lowest BCUT2D eigenvalue weighted by molar-refractivity contribution is -0.406. The summed E-state index contributed by atoms with van der Waals surface area (Å²) in [6.07, 6.45) is 2.03. The Morgan fingerprint density at radius 1 is 1.38 bits per heavy atom. The molecule has 1 aliphatic rings. The van der Waals surface area contributed by atoms with E-state index >= 15 is 0 Å². The minimum absolute atomic E-state index is 0.487. The molecule has 0 amide bonds. The third kappa shape index (κ3) is 2.35. The Balaban J connectivity index is 2.11. The molecule has 0 saturated carbocycles. The van der Waals surface area contributed by atoms with Gasteiger partial charge in [-0.3, -0.25) is 0 Å². The number of ether oxygens (including phenoxy) is 1. The van der Waals surface area contributed by atoms with Gasteiger partial charge >= 0.3 is 0 Å². The van der Waals surface area contributed by atoms with Crippen LogP contribution in [0.1, 0.15) is 12.5 Å². The SMILES string of the molecule is CCOON(C)C1=Cc2ccccc2OC1. The predicted octanol–water partition coefficient (Wildman–Crippen LogP) is 2.23. The quantitative estimate of drug-likeness (QED) is 0.576. The highest BCUT2D eigenvalue weighted by atomic mass is 17.3. The third-order valence-electron chi connectivity index (χ3n) is 2.30. The average Bonchev–Trinajstić information content (AvgIpc) is 2.35. The summed E-state index contributed by atoms with van der Waals surface area (Å²) in [6.45, 7) is 2.87. The van der Waals surface area contributed by atoms with E-state index in [4.69, 9.17) is 14.6 Å². The minimum atomic E-state index is 0.487. The van der Waals surface area contributed by atoms with E-state index in [-0.39, 0.29) is 0 Å². The molecule has 0 aliphatic carbocycles. The van der Waals surface area contributed by atoms with Gasteiger partial charge in [-0.2, -0.15) is 0 Å². The van der Waals surface area contributed by atoms with E-state index in [9.17, 15) is 0 Å². The molecular weight excluding hydrogens is 206 g/mol. The molecule has 0 fully saturated rings. The van der Waals surface area contributed by atoms with Crippen molar-refractivity contribution >= 4 is 6.08 Å². The molecule has 1 aromatic carbocycles. The van der Waals surface area contributed by atoms with Crippen LogP contribution in [0, 0.1) is 0 Å². The highest BCUT2D eigenvalue weighted by molar-refractivity contribution is 5.61. The lowest BCUT2D eigenvalue weighted by Crippen LogP contribution is -2.24. The molecule has 0 bridgehead atoms. The number of nitrogens with zero attached hydrogens (tertiary/aromatic N) is 1. The summed E-state index contributed by atoms with van der Waals surface area (Å²) < 4.78 is 5.59. The first-order valence-electron chi connectivity index (χ1n) is 5.27. The average molecular weight is 221 g/mol. The Labute approximate surface area is 94.9 Å². The molecule has 4 heteroatoms. The van der Waals surface area contributed by atoms with E-state index in [1.807, 2.05) is 37.3 Å². The van der Waals surface area contributed by atoms with E-state index in [0.717, 1.165) is 17.0 Å². The normalized spacial score (nSPS) is 13.8. The van der Waals surface area contributed by atoms with Crippen LogP contribution in [0.2, 0.25) is 0 Å². The van der Waals surface area contributed by atoms with Crippen LogP contribution in [0.3, 0.4) is 0 Å². The highest BCUT2D eigenvalue weighted by Gasteiger charge is 2.14. The fourth-order valence-corrected chi connectivity index (χ4v) is 1.47. The van der Waals surface area contributed by atoms with E-state index in [1.165, 1.54) is 0 Å². The van der Waals surface area contributed by atoms with Gasteiger partial charge in [0.25, 0.3) is 0 Å². The van der Waals surface area contributed by atoms with Crippen LogP contribution < -0.4 is 4.74 Å². The molecule has 2 rings (SSSR count). The van der Waals surface area contributed by atoms with Crippen LogP contribution in [0.25, 0.3) is 6.08 Å². The van der Waals surface area contributed by atoms with Crippen LogP contribution in [0.4, 0.5) is 0 Å². The molecule has 0 saturated heterocycles. The smallest absolute Gasteiger partial charge is 0.130 e. The lowest BCUT2D eigenvalue weighted by atomic mass is 10.1. The van der Waals surface area contributed by atoms with Crippen molar-refractivity contribution in [2.75, 3.05) is 20.3 Å². The Bertz CT molecular complexity index is 390. The van der Waals surface area contributed by atoms with Crippen molar-refractivity contribution in [2.45, 2.75) is 6.92 Å². The van der Waals surface area contributed by atoms with Crippen molar-refractivity contribution < 1.29 is 14.6 Å². The van der Waals surface area contributed by atoms with Crippen LogP contribution >= 0.6 is 0 Å². The molecule has 0 atom stereocenters. The molecule has 0 aromatic heterocycles. The number of fused-ring (bicyclic) bond motifs is 1. The predicted molar refractivity (Wildman–Crippen MR) is 60.4 cm³/mol. The fourth-order valence-electron chi connectivity index (χ4n) is 1.47. The zero-order valence-corrected chi connectivity index (χ0v) is 9.47. The first kappa shape index (κ1) is 11.0. The number of hydrogen-bond acceptors (Lipinski definition) is 4. The van der Waals surface area contributed by atoms with Gasteiger partial charge in [0.15, 0.2) is 0 Å². The number of rotatable bonds is 4. The molecule has 1 aliphatic heterocycles. The van der Waals surface area contributed by atoms with E-state index < -0.39 is 0 Å². The molecule has 0 unspecified atom stereocenters. The molecular formula is C12H15NO3. The topological polar surface area (TPSA) is 30.9 Å². The standard InChI is InChI=1S/C12H15NO3/c1-3-15-16-13(2)11-8-10-6-4-5-7-12(10)14-9-11/h4-8H,3,9H2,1-2H3. The molecule has 0 radical (unpaired) electrons. The molecule has 0 spiro atoms. The Morgan fingerprint density at radius 2 is 2.19 bits per heavy atom. The van der Waals surface area contributed by atoms with Gasteiger partial charge in [-0.25, -0.2) is 9.95 Å². The summed E-state index contributed by atoms with van der Waals surface area (Å²) in [6, 6.07) is 7.89. The van der Waals surface area contributed by atoms with Crippen LogP contribution in [0.15, 0.2) is 30.0 Å². The van der Waals surface area contributed by atoms with Gasteiger partial charge in [0.1, 0.15) is 12.4 Å². The molecule has 1 heterocycles. The fraction of sp³-hybridized carbons (Fsp3) is 0.333. The van der Waals surface area contributed by atoms with Crippen LogP contribution in [-0.2, 0) is 9.88 Å². The van der Waals surface area contributed by atoms with Crippen molar-refractivity contribution in [3.63, 3.8) is 0 Å². The van der Waals surface area contributed by atoms with E-state index in [0.29, 0.717) is 13.2 Å². The van der Waals surface area contributed by atoms with Crippen LogP contribution in [0.5, 0.6) is 5.75 Å². The summed E-state index contributed by atoms with van der Waals surface area (Å²) in [4.78, 5) is 9.90. The molecule has 86 valence electrons. The molecule has 1 aromatic rings. The van der Waals surface area contributed by atoms with Gasteiger partial charge in [-0.05, 0) is 19.1 Å². The summed E-state index contributed by atoms with van der Waals surface area (Å²) in [5.41, 5.74) is 1.97. The van der Waals surface area contributed by atoms with Gasteiger partial charge in [-0.1, -0.05) is 18.2 Å². The number of hydrogen-bond donors (Lipinski definition) is 0. The largest absolute Gasteiger partial charge is 0.487 e. The van der Waals surface area contributed by atoms with Crippen molar-refractivity contribution in [3.8, 4) is 5.75 Å². The van der Waals surface area contributed by atoms with Gasteiger partial charge in [0, 0.05) is 12.6 Å². The summed E-state index contributed by atoms with van der Waals surface area (Å²) in [7, 11) is 1.79. The van der Waals surface area contributed by atoms with E-state index in [1.54, 1.807) is 12.1 Å². The Morgan fingerprint density at radius 3 is 3.00 bits per heavy atom. The van der Waals surface area contributed by atoms with Crippen LogP contribution in [-0.4, -0.2) is 25.3 Å². The van der Waals surface area contributed by atoms with Crippen molar-refractivity contribution in [2.24, 2.45) is 0 Å². The third-order valence-corrected chi connectivity index (χ3v) is 2.30. The van der Waals surface area contributed by atoms with E-state index in [2.05, 4.69) is 0 Å². The molecule has 0 N–H and O–H groups in total. The Hall–Kier alpha value is -1.52. The number of likely N-dealkylation sites (N-methyl/N-ethyl adjacent to an activating group) is 1. The minimum Gasteiger partial charge on any atom is -0.487 e. The second-order valence-electron chi connectivity index (χ2n) is 3.44. The van der Waals surface area contributed by atoms with Crippen molar-refractivity contribution in [1.82, 2.24) is 5.06 Å². The second kappa shape index (κ2) is 5.01. The first-order valence-corrected chi connectivity index (χ1v) is 5.27. The summed E-state index contributed by atoms with van der Waals surface area (Å²) in [5.74, 6) is 0.899. The van der Waals surface area contributed by atoms with Crippen molar-refractivity contribution in [1.29, 1.82) is 0 Å². The zero-order valence-electron chi connectivity index (χ0n) is 9.47. The Kier molecular flexibility index (Phi) is 3.44.